The van der Waals surface area contributed by atoms with Crippen molar-refractivity contribution < 1.29 is 18.8 Å². The van der Waals surface area contributed by atoms with Crippen molar-refractivity contribution in [3.05, 3.63) is 23.9 Å². The van der Waals surface area contributed by atoms with Crippen LogP contribution in [0.2, 0.25) is 0 Å². The molecule has 1 atom stereocenters. The standard InChI is InChI=1S/C15H22BNO4/c1-14(2)15(3,4)21-16(20-14)13-9-11(5-6-17-13)12-10-18-7-8-19-12/h5-6,9,12H,7-8,10H2,1-4H3. The molecule has 1 aromatic rings. The lowest BCUT2D eigenvalue weighted by atomic mass is 9.83. The first-order valence-corrected chi connectivity index (χ1v) is 7.40. The van der Waals surface area contributed by atoms with E-state index in [0.29, 0.717) is 19.8 Å². The minimum Gasteiger partial charge on any atom is -0.398 e. The Morgan fingerprint density at radius 3 is 2.48 bits per heavy atom. The van der Waals surface area contributed by atoms with Gasteiger partial charge in [-0.1, -0.05) is 0 Å². The Balaban J connectivity index is 1.81. The molecule has 0 aliphatic carbocycles. The molecule has 0 aromatic carbocycles. The Morgan fingerprint density at radius 2 is 1.86 bits per heavy atom. The molecule has 6 heteroatoms. The van der Waals surface area contributed by atoms with E-state index in [0.717, 1.165) is 11.2 Å². The Labute approximate surface area is 126 Å². The van der Waals surface area contributed by atoms with E-state index in [2.05, 4.69) is 4.98 Å². The van der Waals surface area contributed by atoms with Gasteiger partial charge in [0.25, 0.3) is 0 Å². The number of hydrogen-bond donors (Lipinski definition) is 0. The normalized spacial score (nSPS) is 27.8. The predicted molar refractivity (Wildman–Crippen MR) is 79.5 cm³/mol. The summed E-state index contributed by atoms with van der Waals surface area (Å²) in [6.45, 7) is 10.0. The third-order valence-corrected chi connectivity index (χ3v) is 4.49. The number of pyridine rings is 1. The van der Waals surface area contributed by atoms with Crippen LogP contribution in [-0.2, 0) is 18.8 Å². The summed E-state index contributed by atoms with van der Waals surface area (Å²) in [6, 6.07) is 3.94. The van der Waals surface area contributed by atoms with Gasteiger partial charge in [0, 0.05) is 6.20 Å². The molecule has 2 aliphatic rings. The lowest BCUT2D eigenvalue weighted by molar-refractivity contribution is -0.0901. The fourth-order valence-electron chi connectivity index (χ4n) is 2.44. The molecule has 2 saturated heterocycles. The molecule has 21 heavy (non-hydrogen) atoms. The first kappa shape index (κ1) is 15.0. The van der Waals surface area contributed by atoms with E-state index in [1.54, 1.807) is 6.20 Å². The summed E-state index contributed by atoms with van der Waals surface area (Å²) < 4.78 is 23.3. The highest BCUT2D eigenvalue weighted by molar-refractivity contribution is 6.61. The van der Waals surface area contributed by atoms with Gasteiger partial charge in [-0.15, -0.1) is 0 Å². The van der Waals surface area contributed by atoms with Crippen molar-refractivity contribution in [3.63, 3.8) is 0 Å². The number of nitrogens with zero attached hydrogens (tertiary/aromatic N) is 1. The van der Waals surface area contributed by atoms with Crippen LogP contribution in [0.1, 0.15) is 39.4 Å². The zero-order valence-electron chi connectivity index (χ0n) is 13.1. The van der Waals surface area contributed by atoms with Crippen LogP contribution >= 0.6 is 0 Å². The molecule has 5 nitrogen and oxygen atoms in total. The second kappa shape index (κ2) is 5.36. The quantitative estimate of drug-likeness (QED) is 0.772. The molecule has 114 valence electrons. The lowest BCUT2D eigenvalue weighted by Crippen LogP contribution is -2.41. The van der Waals surface area contributed by atoms with Gasteiger partial charge in [-0.2, -0.15) is 0 Å². The van der Waals surface area contributed by atoms with E-state index >= 15 is 0 Å². The number of rotatable bonds is 2. The van der Waals surface area contributed by atoms with E-state index in [1.165, 1.54) is 0 Å². The minimum absolute atomic E-state index is 0.0390. The second-order valence-electron chi connectivity index (χ2n) is 6.54. The average Bonchev–Trinajstić information content (AvgIpc) is 2.69. The maximum atomic E-state index is 6.04. The third kappa shape index (κ3) is 2.86. The van der Waals surface area contributed by atoms with Gasteiger partial charge in [0.1, 0.15) is 6.10 Å². The fraction of sp³-hybridized carbons (Fsp3) is 0.667. The van der Waals surface area contributed by atoms with Crippen LogP contribution in [0, 0.1) is 0 Å². The summed E-state index contributed by atoms with van der Waals surface area (Å²) in [7, 11) is -0.445. The molecule has 0 N–H and O–H groups in total. The molecule has 1 unspecified atom stereocenters. The molecular formula is C15H22BNO4. The zero-order chi connectivity index (χ0) is 15.1. The van der Waals surface area contributed by atoms with Gasteiger partial charge in [-0.05, 0) is 45.4 Å². The Kier molecular flexibility index (Phi) is 3.82. The monoisotopic (exact) mass is 291 g/mol. The highest BCUT2D eigenvalue weighted by atomic mass is 16.7. The summed E-state index contributed by atoms with van der Waals surface area (Å²) >= 11 is 0. The Bertz CT molecular complexity index is 498. The van der Waals surface area contributed by atoms with Crippen LogP contribution in [0.3, 0.4) is 0 Å². The van der Waals surface area contributed by atoms with Crippen molar-refractivity contribution in [2.24, 2.45) is 0 Å². The molecule has 0 spiro atoms. The van der Waals surface area contributed by atoms with Crippen LogP contribution in [0.4, 0.5) is 0 Å². The Morgan fingerprint density at radius 1 is 1.14 bits per heavy atom. The summed E-state index contributed by atoms with van der Waals surface area (Å²) in [5, 5.41) is 0. The highest BCUT2D eigenvalue weighted by Gasteiger charge is 2.52. The summed E-state index contributed by atoms with van der Waals surface area (Å²) in [4.78, 5) is 4.40. The first-order valence-electron chi connectivity index (χ1n) is 7.40. The molecule has 2 fully saturated rings. The van der Waals surface area contributed by atoms with E-state index in [1.807, 2.05) is 39.8 Å². The second-order valence-corrected chi connectivity index (χ2v) is 6.54. The number of hydrogen-bond acceptors (Lipinski definition) is 5. The molecule has 0 radical (unpaired) electrons. The average molecular weight is 291 g/mol. The molecule has 2 aliphatic heterocycles. The fourth-order valence-corrected chi connectivity index (χ4v) is 2.44. The van der Waals surface area contributed by atoms with Crippen LogP contribution in [0.25, 0.3) is 0 Å². The molecular weight excluding hydrogens is 269 g/mol. The Hall–Kier alpha value is -0.945. The highest BCUT2D eigenvalue weighted by Crippen LogP contribution is 2.36. The molecule has 3 heterocycles. The van der Waals surface area contributed by atoms with Crippen molar-refractivity contribution in [2.45, 2.75) is 45.0 Å². The van der Waals surface area contributed by atoms with Gasteiger partial charge in [0.05, 0.1) is 36.6 Å². The van der Waals surface area contributed by atoms with Gasteiger partial charge in [-0.3, -0.25) is 4.98 Å². The summed E-state index contributed by atoms with van der Waals surface area (Å²) in [6.07, 6.45) is 1.73. The van der Waals surface area contributed by atoms with Crippen LogP contribution in [0.15, 0.2) is 18.3 Å². The SMILES string of the molecule is CC1(C)OB(c2cc(C3COCCO3)ccn2)OC1(C)C. The van der Waals surface area contributed by atoms with Crippen LogP contribution in [-0.4, -0.2) is 43.1 Å². The largest absolute Gasteiger partial charge is 0.514 e. The summed E-state index contributed by atoms with van der Waals surface area (Å²) in [5.41, 5.74) is 1.11. The zero-order valence-corrected chi connectivity index (χ0v) is 13.1. The number of ether oxygens (including phenoxy) is 2. The van der Waals surface area contributed by atoms with E-state index in [-0.39, 0.29) is 17.3 Å². The van der Waals surface area contributed by atoms with E-state index in [4.69, 9.17) is 18.8 Å². The third-order valence-electron chi connectivity index (χ3n) is 4.49. The molecule has 0 saturated carbocycles. The van der Waals surface area contributed by atoms with E-state index < -0.39 is 7.12 Å². The van der Waals surface area contributed by atoms with Gasteiger partial charge in [-0.25, -0.2) is 0 Å². The van der Waals surface area contributed by atoms with Gasteiger partial charge >= 0.3 is 7.12 Å². The topological polar surface area (TPSA) is 49.8 Å². The number of aromatic nitrogens is 1. The van der Waals surface area contributed by atoms with Gasteiger partial charge in [0.2, 0.25) is 0 Å². The molecule has 0 bridgehead atoms. The van der Waals surface area contributed by atoms with E-state index in [9.17, 15) is 0 Å². The maximum absolute atomic E-state index is 6.04. The lowest BCUT2D eigenvalue weighted by Gasteiger charge is -2.32. The maximum Gasteiger partial charge on any atom is 0.514 e. The summed E-state index contributed by atoms with van der Waals surface area (Å²) in [5.74, 6) is 0. The first-order chi connectivity index (χ1) is 9.89. The molecule has 3 rings (SSSR count). The van der Waals surface area contributed by atoms with Gasteiger partial charge in [0.15, 0.2) is 0 Å². The molecule has 1 aromatic heterocycles. The van der Waals surface area contributed by atoms with Crippen molar-refractivity contribution in [1.29, 1.82) is 0 Å². The minimum atomic E-state index is -0.445. The van der Waals surface area contributed by atoms with Crippen molar-refractivity contribution in [1.82, 2.24) is 4.98 Å². The smallest absolute Gasteiger partial charge is 0.398 e. The van der Waals surface area contributed by atoms with Crippen molar-refractivity contribution in [3.8, 4) is 0 Å². The van der Waals surface area contributed by atoms with Gasteiger partial charge < -0.3 is 18.8 Å². The van der Waals surface area contributed by atoms with Crippen molar-refractivity contribution in [2.75, 3.05) is 19.8 Å². The molecule has 0 amide bonds. The van der Waals surface area contributed by atoms with Crippen molar-refractivity contribution >= 4 is 12.7 Å². The van der Waals surface area contributed by atoms with Crippen LogP contribution in [0.5, 0.6) is 0 Å². The van der Waals surface area contributed by atoms with Crippen LogP contribution < -0.4 is 5.59 Å². The predicted octanol–water partition coefficient (Wildman–Crippen LogP) is 1.47.